The lowest BCUT2D eigenvalue weighted by Crippen LogP contribution is -2.40. The molecule has 0 bridgehead atoms. The second-order valence-corrected chi connectivity index (χ2v) is 5.80. The Hall–Kier alpha value is -1.06. The van der Waals surface area contributed by atoms with Gasteiger partial charge in [-0.15, -0.1) is 0 Å². The van der Waals surface area contributed by atoms with E-state index in [-0.39, 0.29) is 23.5 Å². The van der Waals surface area contributed by atoms with E-state index in [1.165, 1.54) is 7.11 Å². The summed E-state index contributed by atoms with van der Waals surface area (Å²) in [6, 6.07) is 0.159. The van der Waals surface area contributed by atoms with E-state index in [1.54, 1.807) is 0 Å². The molecule has 0 saturated heterocycles. The van der Waals surface area contributed by atoms with Crippen LogP contribution in [0.1, 0.15) is 46.5 Å². The molecule has 0 aromatic carbocycles. The van der Waals surface area contributed by atoms with Crippen molar-refractivity contribution in [3.63, 3.8) is 0 Å². The molecule has 1 saturated carbocycles. The van der Waals surface area contributed by atoms with Crippen molar-refractivity contribution >= 4 is 11.9 Å². The third-order valence-corrected chi connectivity index (χ3v) is 3.34. The smallest absolute Gasteiger partial charge is 0.407 e. The molecule has 0 aliphatic heterocycles. The van der Waals surface area contributed by atoms with Gasteiger partial charge in [-0.05, 0) is 25.7 Å². The van der Waals surface area contributed by atoms with Gasteiger partial charge < -0.3 is 10.1 Å². The largest absolute Gasteiger partial charge is 0.453 e. The summed E-state index contributed by atoms with van der Waals surface area (Å²) >= 11 is 0. The van der Waals surface area contributed by atoms with E-state index < -0.39 is 0 Å². The second kappa shape index (κ2) is 5.52. The van der Waals surface area contributed by atoms with Crippen molar-refractivity contribution in [3.8, 4) is 0 Å². The third kappa shape index (κ3) is 4.02. The predicted octanol–water partition coefficient (Wildman–Crippen LogP) is 2.52. The minimum Gasteiger partial charge on any atom is -0.453 e. The van der Waals surface area contributed by atoms with Crippen molar-refractivity contribution in [2.45, 2.75) is 52.5 Å². The summed E-state index contributed by atoms with van der Waals surface area (Å²) in [4.78, 5) is 23.1. The Labute approximate surface area is 103 Å². The van der Waals surface area contributed by atoms with Gasteiger partial charge in [-0.1, -0.05) is 20.8 Å². The van der Waals surface area contributed by atoms with Crippen LogP contribution in [0.3, 0.4) is 0 Å². The van der Waals surface area contributed by atoms with Gasteiger partial charge in [0.2, 0.25) is 0 Å². The molecule has 0 heterocycles. The summed E-state index contributed by atoms with van der Waals surface area (Å²) in [5.41, 5.74) is -0.257. The van der Waals surface area contributed by atoms with E-state index in [1.807, 2.05) is 20.8 Å². The van der Waals surface area contributed by atoms with E-state index in [0.717, 1.165) is 25.7 Å². The number of carbonyl (C=O) groups is 2. The van der Waals surface area contributed by atoms with Crippen LogP contribution < -0.4 is 5.32 Å². The standard InChI is InChI=1S/C13H23NO3/c1-13(2,3)11(15)9-5-7-10(8-6-9)14-12(16)17-4/h9-10H,5-8H2,1-4H3,(H,14,16)/t9-,10-. The molecule has 0 unspecified atom stereocenters. The van der Waals surface area contributed by atoms with E-state index in [9.17, 15) is 9.59 Å². The maximum Gasteiger partial charge on any atom is 0.407 e. The number of methoxy groups -OCH3 is 1. The van der Waals surface area contributed by atoms with E-state index in [0.29, 0.717) is 5.78 Å². The Morgan fingerprint density at radius 2 is 1.65 bits per heavy atom. The molecule has 0 atom stereocenters. The number of Topliss-reactive ketones (excluding diaryl/α,β-unsaturated/α-hetero) is 1. The summed E-state index contributed by atoms with van der Waals surface area (Å²) in [7, 11) is 1.37. The fourth-order valence-electron chi connectivity index (χ4n) is 2.34. The lowest BCUT2D eigenvalue weighted by Gasteiger charge is -2.31. The van der Waals surface area contributed by atoms with Crippen LogP contribution in [0.5, 0.6) is 0 Å². The van der Waals surface area contributed by atoms with Crippen LogP contribution in [0.15, 0.2) is 0 Å². The van der Waals surface area contributed by atoms with Crippen molar-refractivity contribution in [1.82, 2.24) is 5.32 Å². The third-order valence-electron chi connectivity index (χ3n) is 3.34. The Morgan fingerprint density at radius 1 is 1.12 bits per heavy atom. The number of hydrogen-bond donors (Lipinski definition) is 1. The first-order valence-corrected chi connectivity index (χ1v) is 6.23. The Balaban J connectivity index is 2.41. The first-order valence-electron chi connectivity index (χ1n) is 6.23. The molecular formula is C13H23NO3. The Bertz CT molecular complexity index is 286. The van der Waals surface area contributed by atoms with E-state index >= 15 is 0 Å². The highest BCUT2D eigenvalue weighted by atomic mass is 16.5. The number of rotatable bonds is 2. The molecule has 1 rings (SSSR count). The zero-order valence-electron chi connectivity index (χ0n) is 11.2. The molecule has 98 valence electrons. The van der Waals surface area contributed by atoms with Crippen LogP contribution in [0.25, 0.3) is 0 Å². The average molecular weight is 241 g/mol. The number of hydrogen-bond acceptors (Lipinski definition) is 3. The highest BCUT2D eigenvalue weighted by Gasteiger charge is 2.33. The van der Waals surface area contributed by atoms with Gasteiger partial charge in [-0.2, -0.15) is 0 Å². The highest BCUT2D eigenvalue weighted by molar-refractivity contribution is 5.86. The highest BCUT2D eigenvalue weighted by Crippen LogP contribution is 2.31. The Morgan fingerprint density at radius 3 is 2.06 bits per heavy atom. The molecule has 0 aromatic heterocycles. The lowest BCUT2D eigenvalue weighted by molar-refractivity contribution is -0.131. The topological polar surface area (TPSA) is 55.4 Å². The van der Waals surface area contributed by atoms with Gasteiger partial charge >= 0.3 is 6.09 Å². The number of carbonyl (C=O) groups excluding carboxylic acids is 2. The minimum absolute atomic E-state index is 0.158. The number of ether oxygens (including phenoxy) is 1. The van der Waals surface area contributed by atoms with Gasteiger partial charge in [0, 0.05) is 17.4 Å². The van der Waals surface area contributed by atoms with Gasteiger partial charge in [0.25, 0.3) is 0 Å². The first kappa shape index (κ1) is 14.0. The van der Waals surface area contributed by atoms with Gasteiger partial charge in [-0.25, -0.2) is 4.79 Å². The summed E-state index contributed by atoms with van der Waals surface area (Å²) in [5, 5.41) is 2.79. The molecule has 4 nitrogen and oxygen atoms in total. The summed E-state index contributed by atoms with van der Waals surface area (Å²) in [6.07, 6.45) is 3.08. The minimum atomic E-state index is -0.379. The Kier molecular flexibility index (Phi) is 4.54. The molecule has 1 aliphatic carbocycles. The zero-order chi connectivity index (χ0) is 13.1. The normalized spacial score (nSPS) is 25.2. The maximum atomic E-state index is 12.1. The summed E-state index contributed by atoms with van der Waals surface area (Å²) in [5.74, 6) is 0.500. The monoisotopic (exact) mass is 241 g/mol. The average Bonchev–Trinajstić information content (AvgIpc) is 2.27. The van der Waals surface area contributed by atoms with Crippen LogP contribution in [0, 0.1) is 11.3 Å². The zero-order valence-corrected chi connectivity index (χ0v) is 11.2. The van der Waals surface area contributed by atoms with Gasteiger partial charge in [0.15, 0.2) is 0 Å². The van der Waals surface area contributed by atoms with Crippen LogP contribution in [0.2, 0.25) is 0 Å². The van der Waals surface area contributed by atoms with Crippen LogP contribution in [-0.2, 0) is 9.53 Å². The molecule has 4 heteroatoms. The van der Waals surface area contributed by atoms with Crippen molar-refractivity contribution < 1.29 is 14.3 Å². The maximum absolute atomic E-state index is 12.1. The number of ketones is 1. The van der Waals surface area contributed by atoms with Crippen molar-refractivity contribution in [2.75, 3.05) is 7.11 Å². The molecule has 1 fully saturated rings. The van der Waals surface area contributed by atoms with Crippen LogP contribution in [-0.4, -0.2) is 25.0 Å². The van der Waals surface area contributed by atoms with Gasteiger partial charge in [0.1, 0.15) is 5.78 Å². The molecular weight excluding hydrogens is 218 g/mol. The molecule has 1 N–H and O–H groups in total. The molecule has 0 spiro atoms. The van der Waals surface area contributed by atoms with Gasteiger partial charge in [-0.3, -0.25) is 4.79 Å². The fraction of sp³-hybridized carbons (Fsp3) is 0.846. The number of alkyl carbamates (subject to hydrolysis) is 1. The number of amides is 1. The molecule has 0 aromatic rings. The summed E-state index contributed by atoms with van der Waals surface area (Å²) < 4.78 is 4.56. The van der Waals surface area contributed by atoms with E-state index in [2.05, 4.69) is 10.1 Å². The SMILES string of the molecule is COC(=O)N[C@H]1CC[C@H](C(=O)C(C)(C)C)CC1. The molecule has 1 aliphatic rings. The van der Waals surface area contributed by atoms with E-state index in [4.69, 9.17) is 0 Å². The quantitative estimate of drug-likeness (QED) is 0.808. The second-order valence-electron chi connectivity index (χ2n) is 5.80. The number of nitrogens with one attached hydrogen (secondary N) is 1. The lowest BCUT2D eigenvalue weighted by atomic mass is 9.75. The van der Waals surface area contributed by atoms with Crippen LogP contribution >= 0.6 is 0 Å². The van der Waals surface area contributed by atoms with Crippen molar-refractivity contribution in [3.05, 3.63) is 0 Å². The van der Waals surface area contributed by atoms with Crippen molar-refractivity contribution in [1.29, 1.82) is 0 Å². The predicted molar refractivity (Wildman–Crippen MR) is 65.7 cm³/mol. The fourth-order valence-corrected chi connectivity index (χ4v) is 2.34. The molecule has 1 amide bonds. The van der Waals surface area contributed by atoms with Gasteiger partial charge in [0.05, 0.1) is 7.11 Å². The summed E-state index contributed by atoms with van der Waals surface area (Å²) in [6.45, 7) is 5.90. The van der Waals surface area contributed by atoms with Crippen LogP contribution in [0.4, 0.5) is 4.79 Å². The first-order chi connectivity index (χ1) is 7.84. The molecule has 0 radical (unpaired) electrons. The van der Waals surface area contributed by atoms with Crippen molar-refractivity contribution in [2.24, 2.45) is 11.3 Å². The molecule has 17 heavy (non-hydrogen) atoms.